The van der Waals surface area contributed by atoms with Gasteiger partial charge in [-0.3, -0.25) is 4.90 Å². The molecule has 1 unspecified atom stereocenters. The summed E-state index contributed by atoms with van der Waals surface area (Å²) < 4.78 is 0. The minimum absolute atomic E-state index is 0.560. The Labute approximate surface area is 115 Å². The summed E-state index contributed by atoms with van der Waals surface area (Å²) in [5.41, 5.74) is 0. The molecule has 0 aliphatic carbocycles. The molecular formula is C15H26N2S. The summed E-state index contributed by atoms with van der Waals surface area (Å²) in [5.74, 6) is 0.879. The molecule has 0 spiro atoms. The van der Waals surface area contributed by atoms with Crippen LogP contribution in [0.5, 0.6) is 0 Å². The lowest BCUT2D eigenvalue weighted by molar-refractivity contribution is 0.199. The Morgan fingerprint density at radius 1 is 1.39 bits per heavy atom. The van der Waals surface area contributed by atoms with Gasteiger partial charge in [0.1, 0.15) is 0 Å². The fraction of sp³-hybridized carbons (Fsp3) is 0.733. The molecule has 102 valence electrons. The van der Waals surface area contributed by atoms with Gasteiger partial charge >= 0.3 is 0 Å². The van der Waals surface area contributed by atoms with E-state index in [4.69, 9.17) is 0 Å². The van der Waals surface area contributed by atoms with E-state index in [1.54, 1.807) is 0 Å². The van der Waals surface area contributed by atoms with Gasteiger partial charge in [-0.05, 0) is 64.4 Å². The predicted molar refractivity (Wildman–Crippen MR) is 80.3 cm³/mol. The van der Waals surface area contributed by atoms with Gasteiger partial charge in [0.15, 0.2) is 0 Å². The van der Waals surface area contributed by atoms with E-state index in [1.165, 1.54) is 42.2 Å². The third kappa shape index (κ3) is 3.56. The third-order valence-electron chi connectivity index (χ3n) is 4.11. The lowest BCUT2D eigenvalue weighted by atomic mass is 9.97. The van der Waals surface area contributed by atoms with E-state index >= 15 is 0 Å². The zero-order valence-electron chi connectivity index (χ0n) is 11.9. The zero-order valence-corrected chi connectivity index (χ0v) is 12.7. The number of thiophene rings is 1. The largest absolute Gasteiger partial charge is 0.317 e. The number of nitrogens with zero attached hydrogens (tertiary/aromatic N) is 1. The summed E-state index contributed by atoms with van der Waals surface area (Å²) in [6, 6.07) is 5.16. The minimum atomic E-state index is 0.560. The molecule has 0 saturated carbocycles. The van der Waals surface area contributed by atoms with Gasteiger partial charge in [-0.2, -0.15) is 0 Å². The first-order chi connectivity index (χ1) is 8.70. The Bertz CT molecular complexity index is 355. The van der Waals surface area contributed by atoms with Crippen LogP contribution in [0, 0.1) is 5.92 Å². The van der Waals surface area contributed by atoms with Crippen molar-refractivity contribution in [1.29, 1.82) is 0 Å². The molecule has 1 fully saturated rings. The number of aryl methyl sites for hydroxylation is 1. The number of hydrogen-bond donors (Lipinski definition) is 1. The molecular weight excluding hydrogens is 240 g/mol. The number of rotatable bonds is 5. The average Bonchev–Trinajstić information content (AvgIpc) is 2.87. The van der Waals surface area contributed by atoms with Crippen molar-refractivity contribution < 1.29 is 0 Å². The van der Waals surface area contributed by atoms with Gasteiger partial charge in [-0.25, -0.2) is 0 Å². The first-order valence-corrected chi connectivity index (χ1v) is 8.02. The molecule has 0 bridgehead atoms. The van der Waals surface area contributed by atoms with Crippen LogP contribution in [0.1, 0.15) is 42.5 Å². The van der Waals surface area contributed by atoms with Crippen molar-refractivity contribution in [1.82, 2.24) is 10.2 Å². The van der Waals surface area contributed by atoms with E-state index in [0.29, 0.717) is 6.04 Å². The molecule has 0 aromatic carbocycles. The normalized spacial score (nSPS) is 19.3. The van der Waals surface area contributed by atoms with Crippen molar-refractivity contribution in [3.63, 3.8) is 0 Å². The number of hydrogen-bond acceptors (Lipinski definition) is 3. The van der Waals surface area contributed by atoms with Crippen LogP contribution >= 0.6 is 11.3 Å². The molecule has 2 heterocycles. The van der Waals surface area contributed by atoms with Gasteiger partial charge in [0, 0.05) is 22.3 Å². The van der Waals surface area contributed by atoms with Crippen molar-refractivity contribution in [2.45, 2.75) is 39.2 Å². The van der Waals surface area contributed by atoms with Crippen LogP contribution in [0.3, 0.4) is 0 Å². The van der Waals surface area contributed by atoms with Gasteiger partial charge in [-0.1, -0.05) is 6.92 Å². The van der Waals surface area contributed by atoms with E-state index in [-0.39, 0.29) is 0 Å². The summed E-state index contributed by atoms with van der Waals surface area (Å²) in [4.78, 5) is 5.55. The molecule has 0 amide bonds. The molecule has 1 aliphatic heterocycles. The second kappa shape index (κ2) is 6.69. The third-order valence-corrected chi connectivity index (χ3v) is 5.51. The highest BCUT2D eigenvalue weighted by Crippen LogP contribution is 2.28. The zero-order chi connectivity index (χ0) is 13.0. The predicted octanol–water partition coefficient (Wildman–Crippen LogP) is 3.30. The monoisotopic (exact) mass is 266 g/mol. The molecule has 18 heavy (non-hydrogen) atoms. The molecule has 1 saturated heterocycles. The van der Waals surface area contributed by atoms with E-state index in [2.05, 4.69) is 43.2 Å². The maximum Gasteiger partial charge on any atom is 0.0410 e. The molecule has 2 rings (SSSR count). The summed E-state index contributed by atoms with van der Waals surface area (Å²) in [6.45, 7) is 8.21. The molecule has 1 N–H and O–H groups in total. The second-order valence-electron chi connectivity index (χ2n) is 5.47. The van der Waals surface area contributed by atoms with Crippen molar-refractivity contribution in [2.75, 3.05) is 26.7 Å². The average molecular weight is 266 g/mol. The fourth-order valence-electron chi connectivity index (χ4n) is 2.66. The maximum absolute atomic E-state index is 3.44. The van der Waals surface area contributed by atoms with E-state index in [9.17, 15) is 0 Å². The topological polar surface area (TPSA) is 15.3 Å². The first-order valence-electron chi connectivity index (χ1n) is 7.20. The van der Waals surface area contributed by atoms with E-state index < -0.39 is 0 Å². The van der Waals surface area contributed by atoms with Crippen LogP contribution in [0.15, 0.2) is 12.1 Å². The van der Waals surface area contributed by atoms with E-state index in [1.807, 2.05) is 11.3 Å². The Morgan fingerprint density at radius 3 is 2.72 bits per heavy atom. The molecule has 1 aliphatic rings. The quantitative estimate of drug-likeness (QED) is 0.879. The summed E-state index contributed by atoms with van der Waals surface area (Å²) in [5, 5.41) is 3.44. The molecule has 3 heteroatoms. The van der Waals surface area contributed by atoms with Crippen LogP contribution in [0.4, 0.5) is 0 Å². The van der Waals surface area contributed by atoms with Crippen molar-refractivity contribution in [3.8, 4) is 0 Å². The van der Waals surface area contributed by atoms with Crippen molar-refractivity contribution >= 4 is 11.3 Å². The van der Waals surface area contributed by atoms with Crippen LogP contribution in [-0.4, -0.2) is 31.6 Å². The second-order valence-corrected chi connectivity index (χ2v) is 6.67. The van der Waals surface area contributed by atoms with Crippen molar-refractivity contribution in [3.05, 3.63) is 21.9 Å². The molecule has 1 aromatic rings. The number of piperidine rings is 1. The van der Waals surface area contributed by atoms with Gasteiger partial charge in [0.25, 0.3) is 0 Å². The molecule has 0 radical (unpaired) electrons. The Hall–Kier alpha value is -0.380. The van der Waals surface area contributed by atoms with Gasteiger partial charge < -0.3 is 5.32 Å². The van der Waals surface area contributed by atoms with Crippen LogP contribution < -0.4 is 5.32 Å². The summed E-state index contributed by atoms with van der Waals surface area (Å²) in [6.07, 6.45) is 3.83. The maximum atomic E-state index is 3.44. The Morgan fingerprint density at radius 2 is 2.11 bits per heavy atom. The van der Waals surface area contributed by atoms with E-state index in [0.717, 1.165) is 12.3 Å². The lowest BCUT2D eigenvalue weighted by Gasteiger charge is -2.30. The highest BCUT2D eigenvalue weighted by atomic mass is 32.1. The highest BCUT2D eigenvalue weighted by Gasteiger charge is 2.19. The summed E-state index contributed by atoms with van der Waals surface area (Å²) >= 11 is 1.98. The Balaban J connectivity index is 1.88. The SMILES string of the molecule is CCc1ccc(C(C)N(C)CC2CCNCC2)s1. The smallest absolute Gasteiger partial charge is 0.0410 e. The molecule has 1 aromatic heterocycles. The van der Waals surface area contributed by atoms with Crippen LogP contribution in [0.25, 0.3) is 0 Å². The fourth-order valence-corrected chi connectivity index (χ4v) is 3.73. The van der Waals surface area contributed by atoms with Gasteiger partial charge in [0.05, 0.1) is 0 Å². The Kier molecular flexibility index (Phi) is 5.22. The first kappa shape index (κ1) is 14.0. The highest BCUT2D eigenvalue weighted by molar-refractivity contribution is 7.12. The number of nitrogens with one attached hydrogen (secondary N) is 1. The van der Waals surface area contributed by atoms with Gasteiger partial charge in [-0.15, -0.1) is 11.3 Å². The molecule has 1 atom stereocenters. The van der Waals surface area contributed by atoms with Crippen LogP contribution in [-0.2, 0) is 6.42 Å². The lowest BCUT2D eigenvalue weighted by Crippen LogP contribution is -2.35. The summed E-state index contributed by atoms with van der Waals surface area (Å²) in [7, 11) is 2.28. The van der Waals surface area contributed by atoms with Crippen molar-refractivity contribution in [2.24, 2.45) is 5.92 Å². The minimum Gasteiger partial charge on any atom is -0.317 e. The molecule has 2 nitrogen and oxygen atoms in total. The standard InChI is InChI=1S/C15H26N2S/c1-4-14-5-6-15(18-14)12(2)17(3)11-13-7-9-16-10-8-13/h5-6,12-13,16H,4,7-11H2,1-3H3. The van der Waals surface area contributed by atoms with Crippen LogP contribution in [0.2, 0.25) is 0 Å². The van der Waals surface area contributed by atoms with Gasteiger partial charge in [0.2, 0.25) is 0 Å².